The van der Waals surface area contributed by atoms with Gasteiger partial charge in [-0.2, -0.15) is 0 Å². The molecule has 22 heavy (non-hydrogen) atoms. The van der Waals surface area contributed by atoms with Gasteiger partial charge in [0.2, 0.25) is 5.91 Å². The molecule has 2 aliphatic rings. The van der Waals surface area contributed by atoms with Gasteiger partial charge in [0.15, 0.2) is 11.5 Å². The molecule has 0 aromatic heterocycles. The fourth-order valence-corrected chi connectivity index (χ4v) is 3.13. The van der Waals surface area contributed by atoms with Gasteiger partial charge in [0, 0.05) is 6.54 Å². The van der Waals surface area contributed by atoms with Gasteiger partial charge in [-0.15, -0.1) is 0 Å². The summed E-state index contributed by atoms with van der Waals surface area (Å²) in [6.45, 7) is 1.10. The van der Waals surface area contributed by atoms with Crippen molar-refractivity contribution in [1.82, 2.24) is 5.32 Å². The Morgan fingerprint density at radius 2 is 2.32 bits per heavy atom. The van der Waals surface area contributed by atoms with Crippen LogP contribution in [0.25, 0.3) is 0 Å². The van der Waals surface area contributed by atoms with Crippen LogP contribution >= 0.6 is 0 Å². The minimum absolute atomic E-state index is 0.0833. The zero-order valence-corrected chi connectivity index (χ0v) is 13.1. The molecule has 0 saturated heterocycles. The number of hydrogen-bond donors (Lipinski definition) is 1. The summed E-state index contributed by atoms with van der Waals surface area (Å²) in [5, 5.41) is 3.06. The number of carbonyl (C=O) groups is 1. The van der Waals surface area contributed by atoms with E-state index in [1.807, 2.05) is 18.2 Å². The van der Waals surface area contributed by atoms with Crippen molar-refractivity contribution in [1.29, 1.82) is 0 Å². The average Bonchev–Trinajstić information content (AvgIpc) is 2.59. The summed E-state index contributed by atoms with van der Waals surface area (Å²) >= 11 is 0. The van der Waals surface area contributed by atoms with E-state index in [1.165, 1.54) is 18.4 Å². The second kappa shape index (κ2) is 6.86. The lowest BCUT2D eigenvalue weighted by molar-refractivity contribution is -0.126. The van der Waals surface area contributed by atoms with E-state index in [4.69, 9.17) is 9.47 Å². The molecule has 1 unspecified atom stereocenters. The van der Waals surface area contributed by atoms with Crippen LogP contribution in [0.5, 0.6) is 11.5 Å². The quantitative estimate of drug-likeness (QED) is 0.870. The van der Waals surface area contributed by atoms with Gasteiger partial charge in [-0.3, -0.25) is 4.79 Å². The topological polar surface area (TPSA) is 47.6 Å². The molecule has 0 bridgehead atoms. The smallest absolute Gasteiger partial charge is 0.227 e. The number of fused-ring (bicyclic) bond motifs is 1. The van der Waals surface area contributed by atoms with Crippen LogP contribution in [0.3, 0.4) is 0 Å². The van der Waals surface area contributed by atoms with Gasteiger partial charge >= 0.3 is 0 Å². The molecule has 1 aliphatic heterocycles. The molecule has 1 amide bonds. The monoisotopic (exact) mass is 301 g/mol. The number of rotatable bonds is 4. The molecule has 1 aromatic carbocycles. The number of allylic oxidation sites excluding steroid dienone is 1. The Balaban J connectivity index is 1.59. The summed E-state index contributed by atoms with van der Waals surface area (Å²) in [7, 11) is 1.63. The third-order valence-electron chi connectivity index (χ3n) is 4.42. The van der Waals surface area contributed by atoms with Crippen LogP contribution in [-0.2, 0) is 11.2 Å². The van der Waals surface area contributed by atoms with E-state index in [2.05, 4.69) is 11.4 Å². The maximum Gasteiger partial charge on any atom is 0.227 e. The summed E-state index contributed by atoms with van der Waals surface area (Å²) in [5.74, 6) is 1.48. The number of methoxy groups -OCH3 is 1. The number of benzene rings is 1. The van der Waals surface area contributed by atoms with E-state index < -0.39 is 0 Å². The van der Waals surface area contributed by atoms with Gasteiger partial charge in [-0.25, -0.2) is 0 Å². The lowest BCUT2D eigenvalue weighted by Gasteiger charge is -2.26. The zero-order chi connectivity index (χ0) is 15.4. The standard InChI is InChI=1S/C18H23NO3/c1-21-16-9-5-8-14-10-15(12-22-17(14)16)18(20)19-11-13-6-3-2-4-7-13/h5-6,8-9,15H,2-4,7,10-12H2,1H3,(H,19,20). The lowest BCUT2D eigenvalue weighted by Crippen LogP contribution is -2.38. The second-order valence-electron chi connectivity index (χ2n) is 5.99. The van der Waals surface area contributed by atoms with E-state index in [9.17, 15) is 4.79 Å². The Labute approximate surface area is 131 Å². The molecule has 0 saturated carbocycles. The maximum absolute atomic E-state index is 12.4. The van der Waals surface area contributed by atoms with Crippen molar-refractivity contribution in [2.24, 2.45) is 5.92 Å². The lowest BCUT2D eigenvalue weighted by atomic mass is 9.95. The van der Waals surface area contributed by atoms with Crippen LogP contribution < -0.4 is 14.8 Å². The summed E-state index contributed by atoms with van der Waals surface area (Å²) in [6, 6.07) is 5.82. The Morgan fingerprint density at radius 1 is 1.41 bits per heavy atom. The molecule has 4 heteroatoms. The molecule has 0 fully saturated rings. The SMILES string of the molecule is COc1cccc2c1OCC(C(=O)NCC1=CCCCC1)C2. The van der Waals surface area contributed by atoms with Gasteiger partial charge in [0.25, 0.3) is 0 Å². The molecule has 0 radical (unpaired) electrons. The van der Waals surface area contributed by atoms with Gasteiger partial charge < -0.3 is 14.8 Å². The Kier molecular flexibility index (Phi) is 4.66. The van der Waals surface area contributed by atoms with E-state index in [0.717, 1.165) is 29.9 Å². The summed E-state index contributed by atoms with van der Waals surface area (Å²) in [4.78, 5) is 12.4. The van der Waals surface area contributed by atoms with Crippen LogP contribution in [0.2, 0.25) is 0 Å². The highest BCUT2D eigenvalue weighted by Crippen LogP contribution is 2.36. The van der Waals surface area contributed by atoms with Crippen molar-refractivity contribution in [3.63, 3.8) is 0 Å². The first-order chi connectivity index (χ1) is 10.8. The number of hydrogen-bond acceptors (Lipinski definition) is 3. The number of amides is 1. The van der Waals surface area contributed by atoms with Crippen molar-refractivity contribution in [3.8, 4) is 11.5 Å². The first kappa shape index (κ1) is 14.9. The Morgan fingerprint density at radius 3 is 3.09 bits per heavy atom. The van der Waals surface area contributed by atoms with Crippen molar-refractivity contribution in [2.75, 3.05) is 20.3 Å². The molecule has 4 nitrogen and oxygen atoms in total. The highest BCUT2D eigenvalue weighted by molar-refractivity contribution is 5.80. The zero-order valence-electron chi connectivity index (χ0n) is 13.1. The van der Waals surface area contributed by atoms with Crippen LogP contribution in [0.4, 0.5) is 0 Å². The first-order valence-electron chi connectivity index (χ1n) is 8.02. The Hall–Kier alpha value is -1.97. The largest absolute Gasteiger partial charge is 0.493 e. The maximum atomic E-state index is 12.4. The van der Waals surface area contributed by atoms with E-state index in [-0.39, 0.29) is 11.8 Å². The number of carbonyl (C=O) groups excluding carboxylic acids is 1. The molecular formula is C18H23NO3. The molecule has 1 heterocycles. The Bertz CT molecular complexity index is 580. The third kappa shape index (κ3) is 3.26. The molecule has 3 rings (SSSR count). The van der Waals surface area contributed by atoms with Crippen molar-refractivity contribution < 1.29 is 14.3 Å². The molecule has 1 aromatic rings. The normalized spacial score (nSPS) is 20.4. The fraction of sp³-hybridized carbons (Fsp3) is 0.500. The highest BCUT2D eigenvalue weighted by Gasteiger charge is 2.27. The van der Waals surface area contributed by atoms with Gasteiger partial charge in [0.05, 0.1) is 13.0 Å². The van der Waals surface area contributed by atoms with Crippen molar-refractivity contribution in [2.45, 2.75) is 32.1 Å². The average molecular weight is 301 g/mol. The van der Waals surface area contributed by atoms with E-state index >= 15 is 0 Å². The van der Waals surface area contributed by atoms with Gasteiger partial charge in [-0.1, -0.05) is 23.8 Å². The summed E-state index contributed by atoms with van der Waals surface area (Å²) < 4.78 is 11.1. The molecular weight excluding hydrogens is 278 g/mol. The van der Waals surface area contributed by atoms with E-state index in [1.54, 1.807) is 7.11 Å². The number of para-hydroxylation sites is 1. The predicted molar refractivity (Wildman–Crippen MR) is 85.2 cm³/mol. The fourth-order valence-electron chi connectivity index (χ4n) is 3.13. The third-order valence-corrected chi connectivity index (χ3v) is 4.42. The minimum Gasteiger partial charge on any atom is -0.493 e. The number of ether oxygens (including phenoxy) is 2. The first-order valence-corrected chi connectivity index (χ1v) is 8.02. The molecule has 1 N–H and O–H groups in total. The molecule has 0 spiro atoms. The van der Waals surface area contributed by atoms with Gasteiger partial charge in [0.1, 0.15) is 6.61 Å². The predicted octanol–water partition coefficient (Wildman–Crippen LogP) is 2.86. The van der Waals surface area contributed by atoms with Crippen LogP contribution in [0.15, 0.2) is 29.8 Å². The molecule has 1 atom stereocenters. The number of nitrogens with one attached hydrogen (secondary N) is 1. The second-order valence-corrected chi connectivity index (χ2v) is 5.99. The van der Waals surface area contributed by atoms with Crippen LogP contribution in [-0.4, -0.2) is 26.2 Å². The molecule has 1 aliphatic carbocycles. The minimum atomic E-state index is -0.121. The van der Waals surface area contributed by atoms with E-state index in [0.29, 0.717) is 19.6 Å². The van der Waals surface area contributed by atoms with Gasteiger partial charge in [-0.05, 0) is 43.7 Å². The highest BCUT2D eigenvalue weighted by atomic mass is 16.5. The van der Waals surface area contributed by atoms with Crippen LogP contribution in [0, 0.1) is 5.92 Å². The molecule has 118 valence electrons. The van der Waals surface area contributed by atoms with Crippen molar-refractivity contribution >= 4 is 5.91 Å². The summed E-state index contributed by atoms with van der Waals surface area (Å²) in [6.07, 6.45) is 7.74. The summed E-state index contributed by atoms with van der Waals surface area (Å²) in [5.41, 5.74) is 2.40. The van der Waals surface area contributed by atoms with Crippen LogP contribution in [0.1, 0.15) is 31.2 Å². The van der Waals surface area contributed by atoms with Crippen molar-refractivity contribution in [3.05, 3.63) is 35.4 Å².